The van der Waals surface area contributed by atoms with Crippen molar-refractivity contribution in [3.63, 3.8) is 0 Å². The van der Waals surface area contributed by atoms with E-state index < -0.39 is 0 Å². The molecular formula is C22H24ClN3O. The quantitative estimate of drug-likeness (QED) is 0.729. The number of ether oxygens (including phenoxy) is 1. The van der Waals surface area contributed by atoms with Crippen molar-refractivity contribution in [1.29, 1.82) is 0 Å². The molecule has 1 saturated heterocycles. The van der Waals surface area contributed by atoms with E-state index in [1.54, 1.807) is 7.11 Å². The molecule has 0 atom stereocenters. The van der Waals surface area contributed by atoms with Crippen LogP contribution in [0.5, 0.6) is 0 Å². The number of piperidine rings is 1. The summed E-state index contributed by atoms with van der Waals surface area (Å²) in [6.07, 6.45) is 13.3. The molecule has 0 saturated carbocycles. The van der Waals surface area contributed by atoms with E-state index in [-0.39, 0.29) is 0 Å². The van der Waals surface area contributed by atoms with E-state index >= 15 is 0 Å². The molecule has 27 heavy (non-hydrogen) atoms. The van der Waals surface area contributed by atoms with E-state index in [9.17, 15) is 0 Å². The first kappa shape index (κ1) is 18.2. The van der Waals surface area contributed by atoms with Gasteiger partial charge >= 0.3 is 0 Å². The Labute approximate surface area is 165 Å². The molecule has 5 heteroatoms. The summed E-state index contributed by atoms with van der Waals surface area (Å²) in [4.78, 5) is 2.34. The average molecular weight is 382 g/mol. The Balaban J connectivity index is 1.78. The second-order valence-electron chi connectivity index (χ2n) is 7.01. The summed E-state index contributed by atoms with van der Waals surface area (Å²) in [7, 11) is 1.80. The molecule has 1 aromatic carbocycles. The number of methoxy groups -OCH3 is 1. The van der Waals surface area contributed by atoms with Gasteiger partial charge in [0.25, 0.3) is 0 Å². The minimum absolute atomic E-state index is 0.347. The van der Waals surface area contributed by atoms with Gasteiger partial charge in [0.05, 0.1) is 6.10 Å². The maximum atomic E-state index is 6.06. The van der Waals surface area contributed by atoms with Gasteiger partial charge in [0, 0.05) is 41.9 Å². The molecule has 0 bridgehead atoms. The van der Waals surface area contributed by atoms with Crippen molar-refractivity contribution in [2.75, 3.05) is 25.1 Å². The van der Waals surface area contributed by atoms with Crippen molar-refractivity contribution in [3.05, 3.63) is 52.6 Å². The molecule has 1 fully saturated rings. The van der Waals surface area contributed by atoms with Gasteiger partial charge in [-0.1, -0.05) is 48.0 Å². The van der Waals surface area contributed by atoms with Crippen LogP contribution in [-0.4, -0.2) is 36.5 Å². The van der Waals surface area contributed by atoms with Gasteiger partial charge in [0.15, 0.2) is 5.82 Å². The molecular weight excluding hydrogens is 358 g/mol. The van der Waals surface area contributed by atoms with Gasteiger partial charge in [-0.3, -0.25) is 0 Å². The average Bonchev–Trinajstić information content (AvgIpc) is 2.68. The van der Waals surface area contributed by atoms with Gasteiger partial charge in [-0.25, -0.2) is 0 Å². The molecule has 4 nitrogen and oxygen atoms in total. The Hall–Kier alpha value is -2.17. The lowest BCUT2D eigenvalue weighted by Crippen LogP contribution is -2.37. The van der Waals surface area contributed by atoms with Crippen molar-refractivity contribution in [1.82, 2.24) is 10.2 Å². The number of anilines is 1. The van der Waals surface area contributed by atoms with Gasteiger partial charge in [0.1, 0.15) is 5.69 Å². The summed E-state index contributed by atoms with van der Waals surface area (Å²) >= 11 is 6.06. The van der Waals surface area contributed by atoms with Crippen LogP contribution in [0.25, 0.3) is 23.4 Å². The van der Waals surface area contributed by atoms with Gasteiger partial charge in [-0.2, -0.15) is 0 Å². The minimum Gasteiger partial charge on any atom is -0.381 e. The van der Waals surface area contributed by atoms with Crippen LogP contribution >= 0.6 is 11.6 Å². The van der Waals surface area contributed by atoms with Gasteiger partial charge in [-0.05, 0) is 37.8 Å². The fourth-order valence-electron chi connectivity index (χ4n) is 3.74. The molecule has 0 spiro atoms. The van der Waals surface area contributed by atoms with Crippen LogP contribution < -0.4 is 4.90 Å². The topological polar surface area (TPSA) is 38.2 Å². The molecule has 140 valence electrons. The number of allylic oxidation sites excluding steroid dienone is 2. The summed E-state index contributed by atoms with van der Waals surface area (Å²) in [5.74, 6) is 0.972. The SMILES string of the molecule is COC1CCN(c2nnc(-c3ccc(Cl)cc3)c3c2/C=C\CC/C=C\3)CC1. The summed E-state index contributed by atoms with van der Waals surface area (Å²) in [6.45, 7) is 1.88. The molecule has 1 aromatic heterocycles. The zero-order chi connectivity index (χ0) is 18.6. The first-order chi connectivity index (χ1) is 13.3. The third kappa shape index (κ3) is 3.92. The van der Waals surface area contributed by atoms with E-state index in [0.717, 1.165) is 72.0 Å². The van der Waals surface area contributed by atoms with E-state index in [2.05, 4.69) is 39.4 Å². The number of rotatable bonds is 3. The Kier molecular flexibility index (Phi) is 5.55. The van der Waals surface area contributed by atoms with Gasteiger partial charge in [-0.15, -0.1) is 10.2 Å². The number of aromatic nitrogens is 2. The minimum atomic E-state index is 0.347. The van der Waals surface area contributed by atoms with E-state index in [4.69, 9.17) is 16.3 Å². The van der Waals surface area contributed by atoms with Crippen LogP contribution in [0.3, 0.4) is 0 Å². The van der Waals surface area contributed by atoms with Crippen molar-refractivity contribution in [2.45, 2.75) is 31.8 Å². The highest BCUT2D eigenvalue weighted by Crippen LogP contribution is 2.34. The summed E-state index contributed by atoms with van der Waals surface area (Å²) in [5, 5.41) is 10.0. The fraction of sp³-hybridized carbons (Fsp3) is 0.364. The normalized spacial score (nSPS) is 19.9. The largest absolute Gasteiger partial charge is 0.381 e. The number of halogens is 1. The Bertz CT molecular complexity index is 853. The molecule has 1 aliphatic carbocycles. The van der Waals surface area contributed by atoms with Gasteiger partial charge in [0.2, 0.25) is 0 Å². The molecule has 2 heterocycles. The Morgan fingerprint density at radius 1 is 0.963 bits per heavy atom. The van der Waals surface area contributed by atoms with Crippen LogP contribution in [0.1, 0.15) is 36.8 Å². The molecule has 4 rings (SSSR count). The third-order valence-corrected chi connectivity index (χ3v) is 5.54. The maximum Gasteiger partial charge on any atom is 0.159 e. The van der Waals surface area contributed by atoms with Crippen molar-refractivity contribution in [2.24, 2.45) is 0 Å². The maximum absolute atomic E-state index is 6.06. The van der Waals surface area contributed by atoms with E-state index in [1.165, 1.54) is 0 Å². The highest BCUT2D eigenvalue weighted by Gasteiger charge is 2.24. The first-order valence-corrected chi connectivity index (χ1v) is 9.91. The predicted octanol–water partition coefficient (Wildman–Crippen LogP) is 5.23. The number of nitrogens with zero attached hydrogens (tertiary/aromatic N) is 3. The fourth-order valence-corrected chi connectivity index (χ4v) is 3.86. The molecule has 0 radical (unpaired) electrons. The summed E-state index contributed by atoms with van der Waals surface area (Å²) in [6, 6.07) is 7.81. The zero-order valence-corrected chi connectivity index (χ0v) is 16.3. The highest BCUT2D eigenvalue weighted by molar-refractivity contribution is 6.30. The number of hydrogen-bond donors (Lipinski definition) is 0. The standard InChI is InChI=1S/C22H24ClN3O/c1-27-18-12-14-26(15-13-18)22-20-7-5-3-2-4-6-19(20)21(24-25-22)16-8-10-17(23)11-9-16/h4-11,18H,2-3,12-15H2,1H3/b6-4-,7-5-. The van der Waals surface area contributed by atoms with Crippen molar-refractivity contribution >= 4 is 29.6 Å². The number of fused-ring (bicyclic) bond motifs is 1. The Morgan fingerprint density at radius 3 is 2.30 bits per heavy atom. The second-order valence-corrected chi connectivity index (χ2v) is 7.45. The van der Waals surface area contributed by atoms with Crippen molar-refractivity contribution < 1.29 is 4.74 Å². The zero-order valence-electron chi connectivity index (χ0n) is 15.6. The molecule has 2 aromatic rings. The van der Waals surface area contributed by atoms with Gasteiger partial charge < -0.3 is 9.64 Å². The highest BCUT2D eigenvalue weighted by atomic mass is 35.5. The molecule has 2 aliphatic rings. The smallest absolute Gasteiger partial charge is 0.159 e. The number of benzene rings is 1. The Morgan fingerprint density at radius 2 is 1.63 bits per heavy atom. The van der Waals surface area contributed by atoms with Crippen LogP contribution in [-0.2, 0) is 4.74 Å². The molecule has 0 N–H and O–H groups in total. The third-order valence-electron chi connectivity index (χ3n) is 5.29. The lowest BCUT2D eigenvalue weighted by molar-refractivity contribution is 0.0817. The van der Waals surface area contributed by atoms with Crippen molar-refractivity contribution in [3.8, 4) is 11.3 Å². The van der Waals surface area contributed by atoms with E-state index in [0.29, 0.717) is 6.10 Å². The van der Waals surface area contributed by atoms with Crippen LogP contribution in [0.15, 0.2) is 36.4 Å². The molecule has 0 unspecified atom stereocenters. The summed E-state index contributed by atoms with van der Waals surface area (Å²) < 4.78 is 5.51. The summed E-state index contributed by atoms with van der Waals surface area (Å²) in [5.41, 5.74) is 4.22. The van der Waals surface area contributed by atoms with Crippen LogP contribution in [0.4, 0.5) is 5.82 Å². The molecule has 0 amide bonds. The lowest BCUT2D eigenvalue weighted by atomic mass is 9.97. The first-order valence-electron chi connectivity index (χ1n) is 9.53. The lowest BCUT2D eigenvalue weighted by Gasteiger charge is -2.33. The van der Waals surface area contributed by atoms with Crippen LogP contribution in [0.2, 0.25) is 5.02 Å². The predicted molar refractivity (Wildman–Crippen MR) is 112 cm³/mol. The number of hydrogen-bond acceptors (Lipinski definition) is 4. The monoisotopic (exact) mass is 381 g/mol. The van der Waals surface area contributed by atoms with E-state index in [1.807, 2.05) is 24.3 Å². The second kappa shape index (κ2) is 8.24. The van der Waals surface area contributed by atoms with Crippen LogP contribution in [0, 0.1) is 0 Å². The molecule has 1 aliphatic heterocycles.